The normalized spacial score (nSPS) is 12.4. The molecule has 1 rings (SSSR count). The van der Waals surface area contributed by atoms with Gasteiger partial charge in [0.1, 0.15) is 5.60 Å². The molecule has 0 unspecified atom stereocenters. The highest BCUT2D eigenvalue weighted by Gasteiger charge is 2.22. The highest BCUT2D eigenvalue weighted by molar-refractivity contribution is 5.71. The van der Waals surface area contributed by atoms with E-state index in [4.69, 9.17) is 14.9 Å². The Kier molecular flexibility index (Phi) is 7.70. The van der Waals surface area contributed by atoms with Crippen LogP contribution in [0, 0.1) is 6.92 Å². The van der Waals surface area contributed by atoms with E-state index in [0.717, 1.165) is 16.8 Å². The van der Waals surface area contributed by atoms with Gasteiger partial charge in [-0.25, -0.2) is 4.79 Å². The number of aliphatic carboxylic acids is 1. The van der Waals surface area contributed by atoms with Crippen molar-refractivity contribution in [2.45, 2.75) is 52.2 Å². The predicted octanol–water partition coefficient (Wildman–Crippen LogP) is 2.31. The average molecular weight is 352 g/mol. The second-order valence-corrected chi connectivity index (χ2v) is 6.94. The Bertz CT molecular complexity index is 596. The molecule has 0 aliphatic carbocycles. The first-order valence-corrected chi connectivity index (χ1v) is 8.26. The molecule has 1 aromatic rings. The maximum Gasteiger partial charge on any atom is 0.407 e. The molecule has 0 radical (unpaired) electrons. The third kappa shape index (κ3) is 8.39. The number of nitrogens with one attached hydrogen (secondary N) is 2. The van der Waals surface area contributed by atoms with Gasteiger partial charge in [-0.05, 0) is 57.4 Å². The van der Waals surface area contributed by atoms with Gasteiger partial charge in [-0.2, -0.15) is 0 Å². The van der Waals surface area contributed by atoms with Crippen LogP contribution in [0.1, 0.15) is 38.3 Å². The predicted molar refractivity (Wildman–Crippen MR) is 95.9 cm³/mol. The molecule has 0 aliphatic rings. The van der Waals surface area contributed by atoms with Crippen LogP contribution in [0.5, 0.6) is 0 Å². The summed E-state index contributed by atoms with van der Waals surface area (Å²) >= 11 is 0. The maximum absolute atomic E-state index is 12.0. The van der Waals surface area contributed by atoms with Crippen molar-refractivity contribution >= 4 is 17.7 Å². The van der Waals surface area contributed by atoms with Crippen molar-refractivity contribution < 1.29 is 24.5 Å². The molecular weight excluding hydrogens is 324 g/mol. The van der Waals surface area contributed by atoms with Crippen LogP contribution in [0.25, 0.3) is 0 Å². The molecular formula is C18H28N2O5. The zero-order chi connectivity index (χ0) is 19.0. The molecule has 25 heavy (non-hydrogen) atoms. The summed E-state index contributed by atoms with van der Waals surface area (Å²) in [4.78, 5) is 23.1. The molecule has 1 atom stereocenters. The third-order valence-electron chi connectivity index (χ3n) is 3.40. The number of anilines is 1. The van der Waals surface area contributed by atoms with Gasteiger partial charge in [0.2, 0.25) is 0 Å². The Morgan fingerprint density at radius 2 is 1.96 bits per heavy atom. The number of carboxylic acid groups (broad SMARTS) is 1. The first-order valence-electron chi connectivity index (χ1n) is 8.26. The second kappa shape index (κ2) is 9.27. The Morgan fingerprint density at radius 3 is 2.52 bits per heavy atom. The fraction of sp³-hybridized carbons (Fsp3) is 0.556. The molecule has 0 spiro atoms. The SMILES string of the molecule is Cc1ccc(NCCO)cc1C[C@@H](CC(=O)O)NC(=O)OC(C)(C)C. The standard InChI is InChI=1S/C18H28N2O5/c1-12-5-6-14(19-7-8-21)9-13(12)10-15(11-16(22)23)20-17(24)25-18(2,3)4/h5-6,9,15,19,21H,7-8,10-11H2,1-4H3,(H,20,24)(H,22,23)/t15-/m0/s1. The van der Waals surface area contributed by atoms with Gasteiger partial charge in [0.15, 0.2) is 0 Å². The van der Waals surface area contributed by atoms with Crippen LogP contribution >= 0.6 is 0 Å². The van der Waals surface area contributed by atoms with Gasteiger partial charge in [0.05, 0.1) is 13.0 Å². The zero-order valence-corrected chi connectivity index (χ0v) is 15.3. The van der Waals surface area contributed by atoms with Crippen LogP contribution < -0.4 is 10.6 Å². The summed E-state index contributed by atoms with van der Waals surface area (Å²) < 4.78 is 5.21. The molecule has 0 aromatic heterocycles. The van der Waals surface area contributed by atoms with Gasteiger partial charge >= 0.3 is 12.1 Å². The number of amides is 1. The Morgan fingerprint density at radius 1 is 1.28 bits per heavy atom. The minimum atomic E-state index is -0.992. The van der Waals surface area contributed by atoms with Crippen molar-refractivity contribution in [2.75, 3.05) is 18.5 Å². The topological polar surface area (TPSA) is 108 Å². The van der Waals surface area contributed by atoms with E-state index in [2.05, 4.69) is 10.6 Å². The number of rotatable bonds is 8. The van der Waals surface area contributed by atoms with Crippen LogP contribution in [0.4, 0.5) is 10.5 Å². The number of ether oxygens (including phenoxy) is 1. The fourth-order valence-electron chi connectivity index (χ4n) is 2.33. The van der Waals surface area contributed by atoms with Gasteiger partial charge in [0, 0.05) is 18.3 Å². The number of aliphatic hydroxyl groups is 1. The number of aryl methyl sites for hydroxylation is 1. The van der Waals surface area contributed by atoms with E-state index in [0.29, 0.717) is 13.0 Å². The molecule has 1 aromatic carbocycles. The molecule has 0 aliphatic heterocycles. The lowest BCUT2D eigenvalue weighted by atomic mass is 9.98. The van der Waals surface area contributed by atoms with Crippen LogP contribution in [0.15, 0.2) is 18.2 Å². The monoisotopic (exact) mass is 352 g/mol. The second-order valence-electron chi connectivity index (χ2n) is 6.94. The smallest absolute Gasteiger partial charge is 0.407 e. The number of carbonyl (C=O) groups is 2. The van der Waals surface area contributed by atoms with E-state index in [1.54, 1.807) is 20.8 Å². The molecule has 4 N–H and O–H groups in total. The molecule has 0 bridgehead atoms. The highest BCUT2D eigenvalue weighted by Crippen LogP contribution is 2.18. The average Bonchev–Trinajstić information content (AvgIpc) is 2.45. The van der Waals surface area contributed by atoms with Crippen LogP contribution in [-0.2, 0) is 16.0 Å². The summed E-state index contributed by atoms with van der Waals surface area (Å²) in [5.41, 5.74) is 2.10. The lowest BCUT2D eigenvalue weighted by molar-refractivity contribution is -0.137. The molecule has 7 heteroatoms. The summed E-state index contributed by atoms with van der Waals surface area (Å²) in [5, 5.41) is 23.7. The number of benzene rings is 1. The molecule has 7 nitrogen and oxygen atoms in total. The van der Waals surface area contributed by atoms with E-state index in [-0.39, 0.29) is 13.0 Å². The third-order valence-corrected chi connectivity index (χ3v) is 3.40. The largest absolute Gasteiger partial charge is 0.481 e. The van der Waals surface area contributed by atoms with Crippen LogP contribution in [-0.4, -0.2) is 47.1 Å². The van der Waals surface area contributed by atoms with Gasteiger partial charge < -0.3 is 25.6 Å². The summed E-state index contributed by atoms with van der Waals surface area (Å²) in [6, 6.07) is 5.12. The quantitative estimate of drug-likeness (QED) is 0.572. The van der Waals surface area contributed by atoms with E-state index in [9.17, 15) is 9.59 Å². The van der Waals surface area contributed by atoms with E-state index in [1.165, 1.54) is 0 Å². The fourth-order valence-corrected chi connectivity index (χ4v) is 2.33. The van der Waals surface area contributed by atoms with Gasteiger partial charge in [-0.1, -0.05) is 6.07 Å². The first-order chi connectivity index (χ1) is 11.6. The number of hydrogen-bond acceptors (Lipinski definition) is 5. The van der Waals surface area contributed by atoms with E-state index in [1.807, 2.05) is 25.1 Å². The zero-order valence-electron chi connectivity index (χ0n) is 15.3. The number of aliphatic hydroxyl groups excluding tert-OH is 1. The summed E-state index contributed by atoms with van der Waals surface area (Å²) in [6.45, 7) is 7.62. The number of carboxylic acids is 1. The summed E-state index contributed by atoms with van der Waals surface area (Å²) in [5.74, 6) is -0.992. The summed E-state index contributed by atoms with van der Waals surface area (Å²) in [6.07, 6.45) is -0.468. The molecule has 140 valence electrons. The summed E-state index contributed by atoms with van der Waals surface area (Å²) in [7, 11) is 0. The van der Waals surface area contributed by atoms with Crippen LogP contribution in [0.3, 0.4) is 0 Å². The minimum Gasteiger partial charge on any atom is -0.481 e. The lowest BCUT2D eigenvalue weighted by Gasteiger charge is -2.23. The van der Waals surface area contributed by atoms with Gasteiger partial charge in [-0.3, -0.25) is 4.79 Å². The first kappa shape index (κ1) is 20.8. The molecule has 0 fully saturated rings. The van der Waals surface area contributed by atoms with Crippen LogP contribution in [0.2, 0.25) is 0 Å². The number of hydrogen-bond donors (Lipinski definition) is 4. The van der Waals surface area contributed by atoms with Crippen molar-refractivity contribution in [1.82, 2.24) is 5.32 Å². The van der Waals surface area contributed by atoms with Crippen molar-refractivity contribution in [1.29, 1.82) is 0 Å². The minimum absolute atomic E-state index is 0.0189. The van der Waals surface area contributed by atoms with Crippen molar-refractivity contribution in [3.63, 3.8) is 0 Å². The van der Waals surface area contributed by atoms with E-state index >= 15 is 0 Å². The number of carbonyl (C=O) groups excluding carboxylic acids is 1. The molecule has 1 amide bonds. The Balaban J connectivity index is 2.87. The number of alkyl carbamates (subject to hydrolysis) is 1. The molecule has 0 saturated carbocycles. The van der Waals surface area contributed by atoms with Crippen molar-refractivity contribution in [3.05, 3.63) is 29.3 Å². The van der Waals surface area contributed by atoms with E-state index < -0.39 is 23.7 Å². The lowest BCUT2D eigenvalue weighted by Crippen LogP contribution is -2.41. The van der Waals surface area contributed by atoms with Crippen molar-refractivity contribution in [3.8, 4) is 0 Å². The maximum atomic E-state index is 12.0. The van der Waals surface area contributed by atoms with Crippen molar-refractivity contribution in [2.24, 2.45) is 0 Å². The van der Waals surface area contributed by atoms with Gasteiger partial charge in [0.25, 0.3) is 0 Å². The highest BCUT2D eigenvalue weighted by atomic mass is 16.6. The van der Waals surface area contributed by atoms with Gasteiger partial charge in [-0.15, -0.1) is 0 Å². The Labute approximate surface area is 148 Å². The molecule has 0 saturated heterocycles. The molecule has 0 heterocycles. The Hall–Kier alpha value is -2.28.